The lowest BCUT2D eigenvalue weighted by Gasteiger charge is -2.34. The highest BCUT2D eigenvalue weighted by Crippen LogP contribution is 2.27. The number of nitrogens with two attached hydrogens (primary N) is 2. The Kier molecular flexibility index (Phi) is 17.9. The average Bonchev–Trinajstić information content (AvgIpc) is 3.76. The lowest BCUT2D eigenvalue weighted by molar-refractivity contribution is -0.149. The Morgan fingerprint density at radius 1 is 0.774 bits per heavy atom. The van der Waals surface area contributed by atoms with Gasteiger partial charge in [0.05, 0.1) is 37.1 Å². The van der Waals surface area contributed by atoms with Gasteiger partial charge in [-0.15, -0.1) is 0 Å². The molecule has 3 aliphatic heterocycles. The third-order valence-electron chi connectivity index (χ3n) is 11.1. The number of carbonyl (C=O) groups excluding carboxylic acids is 6. The number of amides is 6. The van der Waals surface area contributed by atoms with E-state index in [0.717, 1.165) is 23.6 Å². The van der Waals surface area contributed by atoms with Gasteiger partial charge in [0, 0.05) is 51.5 Å². The number of nitrogens with zero attached hydrogens (tertiary/aromatic N) is 2. The number of hydrogen-bond acceptors (Lipinski definition) is 18. The Bertz CT molecular complexity index is 1720. The van der Waals surface area contributed by atoms with Crippen molar-refractivity contribution in [3.63, 3.8) is 0 Å². The lowest BCUT2D eigenvalue weighted by atomic mass is 9.96. The van der Waals surface area contributed by atoms with Gasteiger partial charge in [-0.25, -0.2) is 0 Å². The second-order valence-corrected chi connectivity index (χ2v) is 16.0. The molecule has 3 aliphatic rings. The van der Waals surface area contributed by atoms with Crippen LogP contribution in [0.1, 0.15) is 45.3 Å². The highest BCUT2D eigenvalue weighted by atomic mass is 16.5. The fourth-order valence-corrected chi connectivity index (χ4v) is 7.55. The van der Waals surface area contributed by atoms with Gasteiger partial charge in [0.1, 0.15) is 54.3 Å². The van der Waals surface area contributed by atoms with Crippen molar-refractivity contribution in [1.82, 2.24) is 36.4 Å². The number of aromatic hydroxyl groups is 1. The first-order valence-corrected chi connectivity index (χ1v) is 20.3. The molecule has 0 radical (unpaired) electrons. The highest BCUT2D eigenvalue weighted by Gasteiger charge is 2.50. The lowest BCUT2D eigenvalue weighted by Crippen LogP contribution is -2.64. The summed E-state index contributed by atoms with van der Waals surface area (Å²) in [5.74, 6) is -7.84. The maximum Gasteiger partial charge on any atom is 0.248 e. The topological polar surface area (TPSA) is 392 Å². The summed E-state index contributed by atoms with van der Waals surface area (Å²) >= 11 is 0. The summed E-state index contributed by atoms with van der Waals surface area (Å²) in [5, 5.41) is 99.5. The van der Waals surface area contributed by atoms with Crippen LogP contribution in [0.4, 0.5) is 0 Å². The molecule has 0 aromatic heterocycles. The molecule has 3 fully saturated rings. The van der Waals surface area contributed by atoms with Gasteiger partial charge in [0.25, 0.3) is 0 Å². The number of nitrogens with one attached hydrogen (secondary N) is 5. The van der Waals surface area contributed by atoms with Crippen LogP contribution in [0.5, 0.6) is 5.75 Å². The minimum atomic E-state index is -2.24. The molecule has 0 saturated carbocycles. The van der Waals surface area contributed by atoms with Crippen LogP contribution in [0.2, 0.25) is 0 Å². The van der Waals surface area contributed by atoms with Crippen LogP contribution >= 0.6 is 0 Å². The minimum absolute atomic E-state index is 0.0437. The van der Waals surface area contributed by atoms with E-state index in [4.69, 9.17) is 16.2 Å². The van der Waals surface area contributed by atoms with Gasteiger partial charge < -0.3 is 93.4 Å². The van der Waals surface area contributed by atoms with Crippen molar-refractivity contribution < 1.29 is 74.4 Å². The SMILES string of the molecule is C[C@@H](O)C1NC(=O)C(N)C[C@@H](O)C(OCCNCCN)NC(=O)C2[C@@H](O)[C@@H](C)CN2C(=O)C([C@@H](C)O)NC(=O)C([C@H](O)[C@@H](O)c2ccc(O)cc2)NC(=O)C2C[C@@H](O)CN2C1=O. The zero-order chi connectivity index (χ0) is 46.2. The molecule has 17 N–H and O–H groups in total. The van der Waals surface area contributed by atoms with Crippen LogP contribution in [0, 0.1) is 5.92 Å². The number of carbonyl (C=O) groups is 6. The van der Waals surface area contributed by atoms with Crippen LogP contribution in [0.15, 0.2) is 24.3 Å². The molecule has 15 atom stereocenters. The number of phenolic OH excluding ortho intramolecular Hbond substituents is 1. The van der Waals surface area contributed by atoms with E-state index in [0.29, 0.717) is 6.54 Å². The highest BCUT2D eigenvalue weighted by molar-refractivity contribution is 5.98. The van der Waals surface area contributed by atoms with E-state index in [-0.39, 0.29) is 37.6 Å². The van der Waals surface area contributed by atoms with Crippen molar-refractivity contribution in [1.29, 1.82) is 0 Å². The van der Waals surface area contributed by atoms with Crippen LogP contribution in [0.3, 0.4) is 0 Å². The minimum Gasteiger partial charge on any atom is -0.508 e. The van der Waals surface area contributed by atoms with Crippen LogP contribution in [-0.2, 0) is 33.5 Å². The number of benzene rings is 1. The maximum atomic E-state index is 14.3. The van der Waals surface area contributed by atoms with Gasteiger partial charge in [0.2, 0.25) is 35.4 Å². The van der Waals surface area contributed by atoms with Crippen molar-refractivity contribution >= 4 is 35.4 Å². The Balaban J connectivity index is 1.81. The van der Waals surface area contributed by atoms with Crippen LogP contribution in [0.25, 0.3) is 0 Å². The van der Waals surface area contributed by atoms with Crippen molar-refractivity contribution in [2.45, 2.75) is 119 Å². The van der Waals surface area contributed by atoms with Gasteiger partial charge in [-0.05, 0) is 31.5 Å². The van der Waals surface area contributed by atoms with E-state index >= 15 is 0 Å². The largest absolute Gasteiger partial charge is 0.508 e. The van der Waals surface area contributed by atoms with Gasteiger partial charge in [-0.2, -0.15) is 0 Å². The predicted molar refractivity (Wildman–Crippen MR) is 213 cm³/mol. The third-order valence-corrected chi connectivity index (χ3v) is 11.1. The smallest absolute Gasteiger partial charge is 0.248 e. The van der Waals surface area contributed by atoms with Gasteiger partial charge in [-0.3, -0.25) is 28.8 Å². The number of phenols is 1. The number of rotatable bonds is 11. The zero-order valence-corrected chi connectivity index (χ0v) is 34.6. The second kappa shape index (κ2) is 22.2. The monoisotopic (exact) mass is 883 g/mol. The molecule has 6 amide bonds. The molecule has 0 aliphatic carbocycles. The second-order valence-electron chi connectivity index (χ2n) is 16.0. The first-order valence-electron chi connectivity index (χ1n) is 20.3. The number of hydrogen-bond donors (Lipinski definition) is 15. The van der Waals surface area contributed by atoms with Crippen molar-refractivity contribution in [2.24, 2.45) is 17.4 Å². The Morgan fingerprint density at radius 2 is 1.35 bits per heavy atom. The number of aliphatic hydroxyl groups is 7. The van der Waals surface area contributed by atoms with E-state index in [2.05, 4.69) is 26.6 Å². The zero-order valence-electron chi connectivity index (χ0n) is 34.6. The summed E-state index contributed by atoms with van der Waals surface area (Å²) in [5.41, 5.74) is 11.6. The van der Waals surface area contributed by atoms with Crippen molar-refractivity contribution in [2.75, 3.05) is 39.3 Å². The van der Waals surface area contributed by atoms with E-state index < -0.39 is 146 Å². The fourth-order valence-electron chi connectivity index (χ4n) is 7.55. The molecule has 7 unspecified atom stereocenters. The quantitative estimate of drug-likeness (QED) is 0.0918. The molecule has 1 aromatic carbocycles. The molecule has 3 heterocycles. The molecule has 3 saturated heterocycles. The molecule has 24 heteroatoms. The molecule has 0 spiro atoms. The van der Waals surface area contributed by atoms with Gasteiger partial charge in [-0.1, -0.05) is 19.1 Å². The normalized spacial score (nSPS) is 32.9. The standard InChI is InChI=1S/C38H61N9O15/c1-16-14-47-28(29(16)53)35(59)45-36(62-11-10-41-9-8-39)24(52)13-22(40)32(56)42-25(17(2)48)37(60)46-15-21(51)12-23(46)33(57)44-27(34(58)43-26(18(3)49)38(47)61)31(55)30(54)19-4-6-20(50)7-5-19/h4-7,16-18,21-31,36,41,48-55H,8-15,39-40H2,1-3H3,(H,42,56)(H,43,58)(H,44,57)(H,45,59)/t16-,17+,18+,21+,22?,23?,24+,25?,26?,27?,28?,29-,30-,31-,36?/m0/s1. The molecule has 348 valence electrons. The molecule has 0 bridgehead atoms. The number of aliphatic hydroxyl groups excluding tert-OH is 7. The Hall–Kier alpha value is -4.60. The van der Waals surface area contributed by atoms with E-state index in [1.54, 1.807) is 0 Å². The fraction of sp³-hybridized carbons (Fsp3) is 0.684. The summed E-state index contributed by atoms with van der Waals surface area (Å²) in [7, 11) is 0. The molecule has 24 nitrogen and oxygen atoms in total. The maximum absolute atomic E-state index is 14.3. The summed E-state index contributed by atoms with van der Waals surface area (Å²) in [4.78, 5) is 85.7. The molecule has 4 rings (SSSR count). The molecular weight excluding hydrogens is 822 g/mol. The molecule has 1 aromatic rings. The summed E-state index contributed by atoms with van der Waals surface area (Å²) in [6.07, 6.45) is -14.9. The first kappa shape index (κ1) is 50.0. The Labute approximate surface area is 356 Å². The molecule has 62 heavy (non-hydrogen) atoms. The van der Waals surface area contributed by atoms with Crippen molar-refractivity contribution in [3.8, 4) is 5.75 Å². The van der Waals surface area contributed by atoms with Crippen LogP contribution < -0.4 is 38.1 Å². The van der Waals surface area contributed by atoms with Crippen LogP contribution in [-0.4, -0.2) is 205 Å². The number of fused-ring (bicyclic) bond motifs is 2. The van der Waals surface area contributed by atoms with Gasteiger partial charge >= 0.3 is 0 Å². The van der Waals surface area contributed by atoms with Crippen molar-refractivity contribution in [3.05, 3.63) is 29.8 Å². The Morgan fingerprint density at radius 3 is 1.95 bits per heavy atom. The van der Waals surface area contributed by atoms with E-state index in [9.17, 15) is 69.6 Å². The molecular formula is C38H61N9O15. The summed E-state index contributed by atoms with van der Waals surface area (Å²) in [6, 6.07) is -6.11. The first-order chi connectivity index (χ1) is 29.2. The van der Waals surface area contributed by atoms with E-state index in [1.807, 2.05) is 0 Å². The van der Waals surface area contributed by atoms with E-state index in [1.165, 1.54) is 31.2 Å². The summed E-state index contributed by atoms with van der Waals surface area (Å²) in [6.45, 7) is 3.69. The third kappa shape index (κ3) is 12.1. The summed E-state index contributed by atoms with van der Waals surface area (Å²) < 4.78 is 5.75. The predicted octanol–water partition coefficient (Wildman–Crippen LogP) is -7.73. The average molecular weight is 884 g/mol. The number of ether oxygens (including phenoxy) is 1. The van der Waals surface area contributed by atoms with Gasteiger partial charge in [0.15, 0.2) is 6.23 Å².